The maximum atomic E-state index is 9.16. The zero-order valence-corrected chi connectivity index (χ0v) is 22.4. The molecule has 34 heavy (non-hydrogen) atoms. The molecule has 1 fully saturated rings. The molecule has 0 spiro atoms. The Labute approximate surface area is 223 Å². The van der Waals surface area contributed by atoms with Gasteiger partial charge in [-0.2, -0.15) is 0 Å². The van der Waals surface area contributed by atoms with Crippen molar-refractivity contribution in [1.29, 1.82) is 0 Å². The normalized spacial score (nSPS) is 15.4. The monoisotopic (exact) mass is 550 g/mol. The lowest BCUT2D eigenvalue weighted by Gasteiger charge is -2.32. The molecule has 0 aliphatic carbocycles. The molecule has 0 radical (unpaired) electrons. The van der Waals surface area contributed by atoms with Crippen LogP contribution in [0.15, 0.2) is 46.3 Å². The zero-order valence-electron chi connectivity index (χ0n) is 19.2. The van der Waals surface area contributed by atoms with Crippen LogP contribution in [0.3, 0.4) is 0 Å². The van der Waals surface area contributed by atoms with Crippen LogP contribution in [0, 0.1) is 0 Å². The van der Waals surface area contributed by atoms with E-state index in [0.717, 1.165) is 69.9 Å². The molecule has 0 bridgehead atoms. The molecular weight excluding hydrogens is 519 g/mol. The largest absolute Gasteiger partial charge is 0.481 e. The van der Waals surface area contributed by atoms with Gasteiger partial charge >= 0.3 is 0 Å². The van der Waals surface area contributed by atoms with Gasteiger partial charge in [-0.05, 0) is 50.7 Å². The fourth-order valence-electron chi connectivity index (χ4n) is 3.98. The van der Waals surface area contributed by atoms with E-state index < -0.39 is 5.97 Å². The number of β-amino-alcohol motifs (C(OH)–C–C–N with tert-alkyl or cyclic N) is 1. The van der Waals surface area contributed by atoms with Gasteiger partial charge in [0.05, 0.1) is 22.2 Å². The van der Waals surface area contributed by atoms with Crippen LogP contribution in [-0.4, -0.2) is 83.4 Å². The number of benzene rings is 1. The predicted molar refractivity (Wildman–Crippen MR) is 144 cm³/mol. The molecule has 2 N–H and O–H groups in total. The number of hydrogen-bond donors (Lipinski definition) is 2. The lowest BCUT2D eigenvalue weighted by atomic mass is 10.2. The van der Waals surface area contributed by atoms with Crippen molar-refractivity contribution in [3.63, 3.8) is 0 Å². The Bertz CT molecular complexity index is 906. The summed E-state index contributed by atoms with van der Waals surface area (Å²) >= 11 is 7.93. The minimum absolute atomic E-state index is 0. The lowest BCUT2D eigenvalue weighted by molar-refractivity contribution is -0.134. The van der Waals surface area contributed by atoms with Crippen molar-refractivity contribution in [3.8, 4) is 0 Å². The number of aromatic nitrogens is 1. The standard InChI is InChI=1S/C21H27ClN4OS.C2H4O2.2ClH/c22-17-15-20-21(23-16-17)26(18-5-1-2-6-19(18)28-20)10-4-9-24-7-3-8-25(12-11-24)13-14-27;1-2(3)4;;/h1-2,5-6,15-16,27H,3-4,7-14H2;1H3,(H,3,4);2*1H. The van der Waals surface area contributed by atoms with E-state index in [1.807, 2.05) is 6.07 Å². The molecule has 2 aliphatic rings. The van der Waals surface area contributed by atoms with Crippen LogP contribution in [0.2, 0.25) is 5.02 Å². The summed E-state index contributed by atoms with van der Waals surface area (Å²) in [5, 5.41) is 17.3. The van der Waals surface area contributed by atoms with Crippen molar-refractivity contribution < 1.29 is 15.0 Å². The Hall–Kier alpha value is -1.26. The molecule has 0 atom stereocenters. The van der Waals surface area contributed by atoms with E-state index in [2.05, 4.69) is 43.9 Å². The van der Waals surface area contributed by atoms with Crippen molar-refractivity contribution in [2.24, 2.45) is 0 Å². The van der Waals surface area contributed by atoms with Crippen LogP contribution in [0.1, 0.15) is 19.8 Å². The highest BCUT2D eigenvalue weighted by molar-refractivity contribution is 7.99. The SMILES string of the molecule is CC(=O)O.Cl.Cl.OCCN1CCCN(CCCN2c3ccccc3Sc3cc(Cl)cnc32)CC1. The van der Waals surface area contributed by atoms with Gasteiger partial charge in [0.1, 0.15) is 5.82 Å². The fourth-order valence-corrected chi connectivity index (χ4v) is 5.31. The number of rotatable bonds is 6. The minimum Gasteiger partial charge on any atom is -0.481 e. The van der Waals surface area contributed by atoms with Gasteiger partial charge in [-0.3, -0.25) is 9.69 Å². The molecule has 2 aromatic rings. The van der Waals surface area contributed by atoms with Crippen molar-refractivity contribution in [2.45, 2.75) is 29.6 Å². The number of pyridine rings is 1. The zero-order chi connectivity index (χ0) is 22.9. The average molecular weight is 552 g/mol. The minimum atomic E-state index is -0.833. The molecule has 190 valence electrons. The molecule has 1 saturated heterocycles. The summed E-state index contributed by atoms with van der Waals surface area (Å²) < 4.78 is 0. The third-order valence-corrected chi connectivity index (χ3v) is 6.68. The highest BCUT2D eigenvalue weighted by atomic mass is 35.5. The number of carboxylic acid groups (broad SMARTS) is 1. The van der Waals surface area contributed by atoms with Crippen molar-refractivity contribution in [2.75, 3.05) is 57.3 Å². The number of carbonyl (C=O) groups is 1. The molecule has 1 aromatic heterocycles. The first-order valence-corrected chi connectivity index (χ1v) is 12.1. The third-order valence-electron chi connectivity index (χ3n) is 5.38. The first-order chi connectivity index (χ1) is 15.5. The van der Waals surface area contributed by atoms with Gasteiger partial charge in [0.15, 0.2) is 0 Å². The number of carboxylic acids is 1. The fraction of sp³-hybridized carbons (Fsp3) is 0.478. The molecule has 0 amide bonds. The van der Waals surface area contributed by atoms with Crippen LogP contribution in [0.4, 0.5) is 11.5 Å². The van der Waals surface area contributed by atoms with Gasteiger partial charge in [0, 0.05) is 44.2 Å². The van der Waals surface area contributed by atoms with Crippen molar-refractivity contribution >= 4 is 65.7 Å². The molecular formula is C23H33Cl3N4O3S. The first-order valence-electron chi connectivity index (χ1n) is 10.9. The number of aliphatic carboxylic acids is 1. The summed E-state index contributed by atoms with van der Waals surface area (Å²) in [4.78, 5) is 23.3. The Balaban J connectivity index is 0.000000895. The van der Waals surface area contributed by atoms with Crippen molar-refractivity contribution in [1.82, 2.24) is 14.8 Å². The number of hydrogen-bond acceptors (Lipinski definition) is 7. The van der Waals surface area contributed by atoms with Crippen LogP contribution in [-0.2, 0) is 4.79 Å². The molecule has 4 rings (SSSR count). The number of nitrogens with zero attached hydrogens (tertiary/aromatic N) is 4. The number of fused-ring (bicyclic) bond motifs is 2. The van der Waals surface area contributed by atoms with E-state index in [1.165, 1.54) is 17.0 Å². The topological polar surface area (TPSA) is 80.1 Å². The summed E-state index contributed by atoms with van der Waals surface area (Å²) in [7, 11) is 0. The maximum Gasteiger partial charge on any atom is 0.300 e. The van der Waals surface area contributed by atoms with Gasteiger partial charge in [-0.15, -0.1) is 24.8 Å². The predicted octanol–water partition coefficient (Wildman–Crippen LogP) is 4.66. The molecule has 0 unspecified atom stereocenters. The van der Waals surface area contributed by atoms with Gasteiger partial charge in [-0.1, -0.05) is 35.5 Å². The van der Waals surface area contributed by atoms with Crippen LogP contribution < -0.4 is 4.90 Å². The first kappa shape index (κ1) is 30.8. The van der Waals surface area contributed by atoms with Crippen molar-refractivity contribution in [3.05, 3.63) is 41.6 Å². The summed E-state index contributed by atoms with van der Waals surface area (Å²) in [6.07, 6.45) is 4.00. The molecule has 7 nitrogen and oxygen atoms in total. The highest BCUT2D eigenvalue weighted by Gasteiger charge is 2.24. The van der Waals surface area contributed by atoms with Gasteiger partial charge in [-0.25, -0.2) is 4.98 Å². The highest BCUT2D eigenvalue weighted by Crippen LogP contribution is 2.47. The molecule has 0 saturated carbocycles. The average Bonchev–Trinajstić information content (AvgIpc) is 2.98. The van der Waals surface area contributed by atoms with Crippen LogP contribution in [0.25, 0.3) is 0 Å². The summed E-state index contributed by atoms with van der Waals surface area (Å²) in [5.41, 5.74) is 1.24. The third kappa shape index (κ3) is 9.07. The Morgan fingerprint density at radius 1 is 1.06 bits per heavy atom. The number of para-hydroxylation sites is 1. The number of halogens is 3. The molecule has 3 heterocycles. The van der Waals surface area contributed by atoms with E-state index >= 15 is 0 Å². The van der Waals surface area contributed by atoms with Gasteiger partial charge in [0.25, 0.3) is 5.97 Å². The van der Waals surface area contributed by atoms with E-state index in [-0.39, 0.29) is 31.4 Å². The smallest absolute Gasteiger partial charge is 0.300 e. The number of anilines is 2. The summed E-state index contributed by atoms with van der Waals surface area (Å²) in [6, 6.07) is 10.5. The molecule has 11 heteroatoms. The number of aliphatic hydroxyl groups excluding tert-OH is 1. The van der Waals surface area contributed by atoms with Gasteiger partial charge in [0.2, 0.25) is 0 Å². The summed E-state index contributed by atoms with van der Waals surface area (Å²) in [6.45, 7) is 8.51. The summed E-state index contributed by atoms with van der Waals surface area (Å²) in [5.74, 6) is 0.179. The second-order valence-electron chi connectivity index (χ2n) is 7.83. The Morgan fingerprint density at radius 3 is 2.38 bits per heavy atom. The van der Waals surface area contributed by atoms with E-state index in [9.17, 15) is 0 Å². The van der Waals surface area contributed by atoms with Crippen LogP contribution in [0.5, 0.6) is 0 Å². The second kappa shape index (κ2) is 15.7. The van der Waals surface area contributed by atoms with Crippen LogP contribution >= 0.6 is 48.2 Å². The molecule has 2 aliphatic heterocycles. The maximum absolute atomic E-state index is 9.16. The molecule has 1 aromatic carbocycles. The number of aliphatic hydroxyl groups is 1. The lowest BCUT2D eigenvalue weighted by Crippen LogP contribution is -2.34. The second-order valence-corrected chi connectivity index (χ2v) is 9.35. The Kier molecular flexibility index (Phi) is 14.2. The van der Waals surface area contributed by atoms with E-state index in [4.69, 9.17) is 26.6 Å². The quantitative estimate of drug-likeness (QED) is 0.537. The Morgan fingerprint density at radius 2 is 1.71 bits per heavy atom. The van der Waals surface area contributed by atoms with Gasteiger partial charge < -0.3 is 20.0 Å². The van der Waals surface area contributed by atoms with E-state index in [1.54, 1.807) is 18.0 Å². The van der Waals surface area contributed by atoms with E-state index in [0.29, 0.717) is 5.02 Å².